The summed E-state index contributed by atoms with van der Waals surface area (Å²) in [5.74, 6) is -0.143. The SMILES string of the molecule is C=CC(=O)N1CCc2ccc(C(=N)c3ccc(C#N)cc3N)cc21. The Morgan fingerprint density at radius 2 is 2.12 bits per heavy atom. The lowest BCUT2D eigenvalue weighted by Crippen LogP contribution is -2.26. The summed E-state index contributed by atoms with van der Waals surface area (Å²) in [4.78, 5) is 13.6. The molecule has 0 fully saturated rings. The van der Waals surface area contributed by atoms with Gasteiger partial charge in [0, 0.05) is 29.0 Å². The summed E-state index contributed by atoms with van der Waals surface area (Å²) in [5.41, 5.74) is 10.2. The van der Waals surface area contributed by atoms with Crippen molar-refractivity contribution < 1.29 is 4.79 Å². The molecule has 0 spiro atoms. The lowest BCUT2D eigenvalue weighted by molar-refractivity contribution is -0.114. The number of nitrogens with one attached hydrogen (secondary N) is 1. The summed E-state index contributed by atoms with van der Waals surface area (Å²) >= 11 is 0. The number of amides is 1. The van der Waals surface area contributed by atoms with Crippen LogP contribution >= 0.6 is 0 Å². The van der Waals surface area contributed by atoms with Crippen LogP contribution in [0.25, 0.3) is 0 Å². The molecule has 1 heterocycles. The van der Waals surface area contributed by atoms with Crippen LogP contribution in [0.4, 0.5) is 11.4 Å². The Labute approximate surface area is 140 Å². The van der Waals surface area contributed by atoms with Crippen LogP contribution in [0.5, 0.6) is 0 Å². The van der Waals surface area contributed by atoms with Crippen molar-refractivity contribution in [3.63, 3.8) is 0 Å². The summed E-state index contributed by atoms with van der Waals surface area (Å²) in [7, 11) is 0. The second-order valence-corrected chi connectivity index (χ2v) is 5.58. The molecule has 0 aromatic heterocycles. The van der Waals surface area contributed by atoms with E-state index in [0.29, 0.717) is 28.9 Å². The molecule has 2 aromatic rings. The number of anilines is 2. The molecule has 0 unspecified atom stereocenters. The Morgan fingerprint density at radius 3 is 2.79 bits per heavy atom. The first-order valence-corrected chi connectivity index (χ1v) is 7.51. The van der Waals surface area contributed by atoms with Gasteiger partial charge in [0.05, 0.1) is 17.3 Å². The van der Waals surface area contributed by atoms with Gasteiger partial charge in [-0.1, -0.05) is 18.7 Å². The lowest BCUT2D eigenvalue weighted by Gasteiger charge is -2.16. The minimum atomic E-state index is -0.143. The maximum atomic E-state index is 12.0. The van der Waals surface area contributed by atoms with Gasteiger partial charge >= 0.3 is 0 Å². The molecule has 3 N–H and O–H groups in total. The smallest absolute Gasteiger partial charge is 0.250 e. The Hall–Kier alpha value is -3.39. The zero-order valence-corrected chi connectivity index (χ0v) is 13.0. The molecule has 2 aromatic carbocycles. The minimum Gasteiger partial charge on any atom is -0.398 e. The molecule has 0 saturated heterocycles. The first-order chi connectivity index (χ1) is 11.5. The molecule has 0 atom stereocenters. The van der Waals surface area contributed by atoms with Gasteiger partial charge in [-0.05, 0) is 42.3 Å². The lowest BCUT2D eigenvalue weighted by atomic mass is 9.98. The van der Waals surface area contributed by atoms with E-state index in [4.69, 9.17) is 16.4 Å². The molecular formula is C19H16N4O. The number of carbonyl (C=O) groups excluding carboxylic acids is 1. The topological polar surface area (TPSA) is 94.0 Å². The van der Waals surface area contributed by atoms with E-state index in [-0.39, 0.29) is 11.6 Å². The van der Waals surface area contributed by atoms with E-state index in [1.54, 1.807) is 23.1 Å². The van der Waals surface area contributed by atoms with Crippen LogP contribution in [-0.2, 0) is 11.2 Å². The highest BCUT2D eigenvalue weighted by atomic mass is 16.2. The van der Waals surface area contributed by atoms with Crippen molar-refractivity contribution in [3.8, 4) is 6.07 Å². The van der Waals surface area contributed by atoms with Gasteiger partial charge in [0.1, 0.15) is 0 Å². The van der Waals surface area contributed by atoms with Gasteiger partial charge in [0.15, 0.2) is 0 Å². The van der Waals surface area contributed by atoms with Gasteiger partial charge in [0.25, 0.3) is 0 Å². The standard InChI is InChI=1S/C19H16N4O/c1-2-18(24)23-8-7-13-4-5-14(10-17(13)23)19(22)15-6-3-12(11-20)9-16(15)21/h2-6,9-10,22H,1,7-8,21H2. The normalized spacial score (nSPS) is 12.4. The summed E-state index contributed by atoms with van der Waals surface area (Å²) in [5, 5.41) is 17.3. The summed E-state index contributed by atoms with van der Waals surface area (Å²) in [6.45, 7) is 4.16. The van der Waals surface area contributed by atoms with Crippen LogP contribution in [0.2, 0.25) is 0 Å². The summed E-state index contributed by atoms with van der Waals surface area (Å²) < 4.78 is 0. The maximum absolute atomic E-state index is 12.0. The zero-order valence-electron chi connectivity index (χ0n) is 13.0. The van der Waals surface area contributed by atoms with Gasteiger partial charge in [0.2, 0.25) is 5.91 Å². The number of nitrogens with zero attached hydrogens (tertiary/aromatic N) is 2. The Morgan fingerprint density at radius 1 is 1.33 bits per heavy atom. The third-order valence-corrected chi connectivity index (χ3v) is 4.16. The van der Waals surface area contributed by atoms with Crippen molar-refractivity contribution in [1.29, 1.82) is 10.7 Å². The molecule has 0 bridgehead atoms. The molecule has 5 nitrogen and oxygen atoms in total. The molecule has 5 heteroatoms. The molecule has 1 aliphatic heterocycles. The average molecular weight is 316 g/mol. The van der Waals surface area contributed by atoms with Crippen molar-refractivity contribution in [2.45, 2.75) is 6.42 Å². The largest absolute Gasteiger partial charge is 0.398 e. The van der Waals surface area contributed by atoms with Gasteiger partial charge in [-0.3, -0.25) is 10.2 Å². The van der Waals surface area contributed by atoms with E-state index >= 15 is 0 Å². The first-order valence-electron chi connectivity index (χ1n) is 7.51. The average Bonchev–Trinajstić information content (AvgIpc) is 3.03. The molecule has 0 aliphatic carbocycles. The van der Waals surface area contributed by atoms with Crippen molar-refractivity contribution in [3.05, 3.63) is 71.3 Å². The fourth-order valence-electron chi connectivity index (χ4n) is 2.89. The fourth-order valence-corrected chi connectivity index (χ4v) is 2.89. The third-order valence-electron chi connectivity index (χ3n) is 4.16. The van der Waals surface area contributed by atoms with Crippen LogP contribution in [0, 0.1) is 16.7 Å². The quantitative estimate of drug-likeness (QED) is 0.518. The fraction of sp³-hybridized carbons (Fsp3) is 0.105. The number of nitriles is 1. The molecule has 1 aliphatic rings. The van der Waals surface area contributed by atoms with Crippen molar-refractivity contribution in [2.75, 3.05) is 17.2 Å². The molecule has 3 rings (SSSR count). The van der Waals surface area contributed by atoms with Gasteiger partial charge < -0.3 is 10.6 Å². The predicted molar refractivity (Wildman–Crippen MR) is 94.2 cm³/mol. The van der Waals surface area contributed by atoms with E-state index in [0.717, 1.165) is 17.7 Å². The molecule has 24 heavy (non-hydrogen) atoms. The van der Waals surface area contributed by atoms with Crippen molar-refractivity contribution in [2.24, 2.45) is 0 Å². The third kappa shape index (κ3) is 2.55. The maximum Gasteiger partial charge on any atom is 0.250 e. The van der Waals surface area contributed by atoms with Gasteiger partial charge in [-0.25, -0.2) is 0 Å². The second-order valence-electron chi connectivity index (χ2n) is 5.58. The highest BCUT2D eigenvalue weighted by Gasteiger charge is 2.24. The van der Waals surface area contributed by atoms with Crippen LogP contribution in [0.15, 0.2) is 49.1 Å². The number of benzene rings is 2. The van der Waals surface area contributed by atoms with E-state index in [9.17, 15) is 4.79 Å². The number of nitrogens with two attached hydrogens (primary N) is 1. The number of rotatable bonds is 3. The van der Waals surface area contributed by atoms with Crippen LogP contribution < -0.4 is 10.6 Å². The number of hydrogen-bond donors (Lipinski definition) is 2. The Balaban J connectivity index is 1.99. The second kappa shape index (κ2) is 6.01. The molecule has 1 amide bonds. The number of hydrogen-bond acceptors (Lipinski definition) is 4. The number of carbonyl (C=O) groups is 1. The first kappa shape index (κ1) is 15.5. The molecular weight excluding hydrogens is 300 g/mol. The monoisotopic (exact) mass is 316 g/mol. The van der Waals surface area contributed by atoms with E-state index in [1.807, 2.05) is 24.3 Å². The van der Waals surface area contributed by atoms with Crippen molar-refractivity contribution >= 4 is 23.0 Å². The summed E-state index contributed by atoms with van der Waals surface area (Å²) in [6.07, 6.45) is 2.09. The number of nitrogen functional groups attached to an aromatic ring is 1. The van der Waals surface area contributed by atoms with E-state index < -0.39 is 0 Å². The van der Waals surface area contributed by atoms with E-state index in [1.165, 1.54) is 6.08 Å². The highest BCUT2D eigenvalue weighted by molar-refractivity contribution is 6.15. The van der Waals surface area contributed by atoms with Crippen LogP contribution in [0.1, 0.15) is 22.3 Å². The van der Waals surface area contributed by atoms with Crippen LogP contribution in [0.3, 0.4) is 0 Å². The van der Waals surface area contributed by atoms with Gasteiger partial charge in [-0.2, -0.15) is 5.26 Å². The molecule has 0 saturated carbocycles. The highest BCUT2D eigenvalue weighted by Crippen LogP contribution is 2.30. The van der Waals surface area contributed by atoms with Gasteiger partial charge in [-0.15, -0.1) is 0 Å². The van der Waals surface area contributed by atoms with Crippen molar-refractivity contribution in [1.82, 2.24) is 0 Å². The Bertz CT molecular complexity index is 908. The number of fused-ring (bicyclic) bond motifs is 1. The van der Waals surface area contributed by atoms with E-state index in [2.05, 4.69) is 6.58 Å². The Kier molecular flexibility index (Phi) is 3.88. The predicted octanol–water partition coefficient (Wildman–Crippen LogP) is 2.63. The zero-order chi connectivity index (χ0) is 17.3. The summed E-state index contributed by atoms with van der Waals surface area (Å²) in [6, 6.07) is 12.5. The molecule has 118 valence electrons. The molecule has 0 radical (unpaired) electrons. The minimum absolute atomic E-state index is 0.143. The van der Waals surface area contributed by atoms with Crippen LogP contribution in [-0.4, -0.2) is 18.2 Å².